The van der Waals surface area contributed by atoms with Crippen molar-refractivity contribution in [2.75, 3.05) is 0 Å². The molecule has 0 aliphatic rings. The van der Waals surface area contributed by atoms with Gasteiger partial charge in [0.1, 0.15) is 0 Å². The van der Waals surface area contributed by atoms with Gasteiger partial charge in [-0.05, 0) is 18.1 Å². The van der Waals surface area contributed by atoms with Crippen molar-refractivity contribution in [2.24, 2.45) is 4.99 Å². The molecule has 0 N–H and O–H groups in total. The third-order valence-electron chi connectivity index (χ3n) is 2.66. The average Bonchev–Trinajstić information content (AvgIpc) is 2.47. The molecule has 0 unspecified atom stereocenters. The summed E-state index contributed by atoms with van der Waals surface area (Å²) in [6.45, 7) is 1.68. The summed E-state index contributed by atoms with van der Waals surface area (Å²) in [5.41, 5.74) is 1.85. The number of hydrogen-bond acceptors (Lipinski definition) is 2. The van der Waals surface area contributed by atoms with Gasteiger partial charge in [0.2, 0.25) is 0 Å². The van der Waals surface area contributed by atoms with E-state index in [0.717, 1.165) is 11.1 Å². The van der Waals surface area contributed by atoms with Crippen LogP contribution >= 0.6 is 0 Å². The number of nitrogens with zero attached hydrogens (tertiary/aromatic N) is 1. The van der Waals surface area contributed by atoms with Crippen LogP contribution in [0, 0.1) is 0 Å². The van der Waals surface area contributed by atoms with E-state index in [1.807, 2.05) is 60.7 Å². The number of carbonyl (C=O) groups excluding carboxylic acids is 1. The molecule has 0 atom stereocenters. The number of carbonyl (C=O) groups is 1. The normalized spacial score (nSPS) is 10.8. The maximum atomic E-state index is 11.6. The number of benzene rings is 2. The molecule has 2 aromatic rings. The summed E-state index contributed by atoms with van der Waals surface area (Å²) in [6.07, 6.45) is 0.411. The summed E-state index contributed by atoms with van der Waals surface area (Å²) >= 11 is 0. The second kappa shape index (κ2) is 6.50. The number of rotatable bonds is 3. The summed E-state index contributed by atoms with van der Waals surface area (Å²) in [5, 5.41) is 0. The molecule has 0 radical (unpaired) electrons. The molecule has 3 heteroatoms. The van der Waals surface area contributed by atoms with Crippen LogP contribution in [0.5, 0.6) is 0 Å². The van der Waals surface area contributed by atoms with Gasteiger partial charge in [-0.2, -0.15) is 4.99 Å². The van der Waals surface area contributed by atoms with Crippen molar-refractivity contribution < 1.29 is 9.53 Å². The zero-order valence-corrected chi connectivity index (χ0v) is 10.7. The van der Waals surface area contributed by atoms with E-state index in [-0.39, 0.29) is 0 Å². The van der Waals surface area contributed by atoms with E-state index in [2.05, 4.69) is 4.99 Å². The monoisotopic (exact) mass is 253 g/mol. The lowest BCUT2D eigenvalue weighted by Gasteiger charge is -2.17. The van der Waals surface area contributed by atoms with Gasteiger partial charge < -0.3 is 4.74 Å². The molecular formula is C16H15NO2. The fraction of sp³-hybridized carbons (Fsp3) is 0.125. The predicted molar refractivity (Wildman–Crippen MR) is 75.4 cm³/mol. The molecular weight excluding hydrogens is 238 g/mol. The maximum absolute atomic E-state index is 11.6. The number of aliphatic imine (C=N–C) groups is 1. The second-order valence-corrected chi connectivity index (χ2v) is 3.97. The first-order valence-corrected chi connectivity index (χ1v) is 6.10. The second-order valence-electron chi connectivity index (χ2n) is 3.97. The Morgan fingerprint density at radius 3 is 1.89 bits per heavy atom. The van der Waals surface area contributed by atoms with Gasteiger partial charge in [0.05, 0.1) is 0 Å². The van der Waals surface area contributed by atoms with Crippen molar-refractivity contribution in [1.82, 2.24) is 0 Å². The van der Waals surface area contributed by atoms with Crippen LogP contribution in [-0.4, -0.2) is 12.3 Å². The fourth-order valence-electron chi connectivity index (χ4n) is 1.82. The Labute approximate surface area is 112 Å². The highest BCUT2D eigenvalue weighted by Gasteiger charge is 2.17. The van der Waals surface area contributed by atoms with E-state index in [9.17, 15) is 4.79 Å². The van der Waals surface area contributed by atoms with Crippen LogP contribution in [0.3, 0.4) is 0 Å². The van der Waals surface area contributed by atoms with Crippen LogP contribution in [-0.2, 0) is 4.74 Å². The third kappa shape index (κ3) is 3.52. The summed E-state index contributed by atoms with van der Waals surface area (Å²) in [7, 11) is 0. The van der Waals surface area contributed by atoms with Crippen molar-refractivity contribution in [2.45, 2.75) is 13.0 Å². The van der Waals surface area contributed by atoms with Gasteiger partial charge in [-0.3, -0.25) is 0 Å². The quantitative estimate of drug-likeness (QED) is 0.775. The Kier molecular flexibility index (Phi) is 4.45. The molecule has 19 heavy (non-hydrogen) atoms. The SMILES string of the molecule is CC=NC(=O)OC(c1ccccc1)c1ccccc1. The van der Waals surface area contributed by atoms with Gasteiger partial charge >= 0.3 is 6.09 Å². The minimum absolute atomic E-state index is 0.432. The van der Waals surface area contributed by atoms with Crippen molar-refractivity contribution in [3.05, 3.63) is 71.8 Å². The van der Waals surface area contributed by atoms with Crippen LogP contribution < -0.4 is 0 Å². The van der Waals surface area contributed by atoms with E-state index in [4.69, 9.17) is 4.74 Å². The summed E-state index contributed by atoms with van der Waals surface area (Å²) in [5.74, 6) is 0. The lowest BCUT2D eigenvalue weighted by Crippen LogP contribution is -2.09. The van der Waals surface area contributed by atoms with Gasteiger partial charge in [-0.15, -0.1) is 0 Å². The Morgan fingerprint density at radius 2 is 1.47 bits per heavy atom. The molecule has 0 fully saturated rings. The van der Waals surface area contributed by atoms with Crippen molar-refractivity contribution in [1.29, 1.82) is 0 Å². The first kappa shape index (κ1) is 13.0. The summed E-state index contributed by atoms with van der Waals surface area (Å²) in [6, 6.07) is 19.3. The lowest BCUT2D eigenvalue weighted by molar-refractivity contribution is 0.127. The van der Waals surface area contributed by atoms with Gasteiger partial charge in [0.15, 0.2) is 6.10 Å². The average molecular weight is 253 g/mol. The van der Waals surface area contributed by atoms with Crippen LogP contribution in [0.25, 0.3) is 0 Å². The van der Waals surface area contributed by atoms with E-state index in [1.165, 1.54) is 6.21 Å². The van der Waals surface area contributed by atoms with Crippen LogP contribution in [0.4, 0.5) is 4.79 Å². The topological polar surface area (TPSA) is 38.7 Å². The van der Waals surface area contributed by atoms with E-state index in [1.54, 1.807) is 6.92 Å². The van der Waals surface area contributed by atoms with Crippen LogP contribution in [0.2, 0.25) is 0 Å². The summed E-state index contributed by atoms with van der Waals surface area (Å²) in [4.78, 5) is 15.2. The molecule has 0 spiro atoms. The zero-order valence-electron chi connectivity index (χ0n) is 10.7. The van der Waals surface area contributed by atoms with Gasteiger partial charge in [-0.1, -0.05) is 60.7 Å². The first-order valence-electron chi connectivity index (χ1n) is 6.10. The maximum Gasteiger partial charge on any atom is 0.434 e. The van der Waals surface area contributed by atoms with E-state index in [0.29, 0.717) is 0 Å². The number of hydrogen-bond donors (Lipinski definition) is 0. The number of ether oxygens (including phenoxy) is 1. The lowest BCUT2D eigenvalue weighted by atomic mass is 10.0. The molecule has 3 nitrogen and oxygen atoms in total. The minimum atomic E-state index is -0.583. The molecule has 0 aromatic heterocycles. The Balaban J connectivity index is 2.32. The fourth-order valence-corrected chi connectivity index (χ4v) is 1.82. The van der Waals surface area contributed by atoms with Gasteiger partial charge in [-0.25, -0.2) is 4.79 Å². The molecule has 2 rings (SSSR count). The smallest absolute Gasteiger partial charge is 0.434 e. The summed E-state index contributed by atoms with van der Waals surface area (Å²) < 4.78 is 5.43. The highest BCUT2D eigenvalue weighted by atomic mass is 16.6. The van der Waals surface area contributed by atoms with Gasteiger partial charge in [0.25, 0.3) is 0 Å². The molecule has 0 heterocycles. The molecule has 0 aliphatic heterocycles. The molecule has 0 bridgehead atoms. The standard InChI is InChI=1S/C16H15NO2/c1-2-17-16(18)19-15(13-9-5-3-6-10-13)14-11-7-4-8-12-14/h2-12,15H,1H3. The number of amides is 1. The van der Waals surface area contributed by atoms with E-state index >= 15 is 0 Å². The largest absolute Gasteiger partial charge is 0.435 e. The Hall–Kier alpha value is -2.42. The highest BCUT2D eigenvalue weighted by Crippen LogP contribution is 2.26. The molecule has 2 aromatic carbocycles. The van der Waals surface area contributed by atoms with Gasteiger partial charge in [0, 0.05) is 6.21 Å². The first-order chi connectivity index (χ1) is 9.31. The molecule has 0 aliphatic carbocycles. The predicted octanol–water partition coefficient (Wildman–Crippen LogP) is 4.00. The van der Waals surface area contributed by atoms with Crippen molar-refractivity contribution in [3.63, 3.8) is 0 Å². The van der Waals surface area contributed by atoms with E-state index < -0.39 is 12.2 Å². The zero-order chi connectivity index (χ0) is 13.5. The minimum Gasteiger partial charge on any atom is -0.435 e. The molecule has 96 valence electrons. The molecule has 0 saturated heterocycles. The molecule has 0 saturated carbocycles. The third-order valence-corrected chi connectivity index (χ3v) is 2.66. The van der Waals surface area contributed by atoms with Crippen LogP contribution in [0.15, 0.2) is 65.7 Å². The molecule has 1 amide bonds. The highest BCUT2D eigenvalue weighted by molar-refractivity contribution is 5.78. The van der Waals surface area contributed by atoms with Crippen molar-refractivity contribution >= 4 is 12.3 Å². The van der Waals surface area contributed by atoms with Crippen molar-refractivity contribution in [3.8, 4) is 0 Å². The Bertz CT molecular complexity index is 510. The van der Waals surface area contributed by atoms with Crippen LogP contribution in [0.1, 0.15) is 24.2 Å². The Morgan fingerprint density at radius 1 is 1.00 bits per heavy atom.